The number of anilines is 2. The van der Waals surface area contributed by atoms with Gasteiger partial charge in [0.25, 0.3) is 0 Å². The van der Waals surface area contributed by atoms with Gasteiger partial charge in [0.15, 0.2) is 0 Å². The minimum absolute atomic E-state index is 0.170. The van der Waals surface area contributed by atoms with E-state index in [1.807, 2.05) is 6.07 Å². The fourth-order valence-corrected chi connectivity index (χ4v) is 3.32. The van der Waals surface area contributed by atoms with Crippen molar-refractivity contribution in [1.82, 2.24) is 4.90 Å². The molecular weight excluding hydrogens is 288 g/mol. The molecule has 4 nitrogen and oxygen atoms in total. The van der Waals surface area contributed by atoms with E-state index in [2.05, 4.69) is 58.3 Å². The molecule has 120 valence electrons. The van der Waals surface area contributed by atoms with Crippen molar-refractivity contribution in [2.75, 3.05) is 44.3 Å². The SMILES string of the molecule is c1ccc(N2CC(CN3CCOCC3)Oc3ccccc32)cc1. The number of rotatable bonds is 3. The second kappa shape index (κ2) is 6.60. The van der Waals surface area contributed by atoms with Gasteiger partial charge in [-0.05, 0) is 24.3 Å². The third-order valence-electron chi connectivity index (χ3n) is 4.47. The van der Waals surface area contributed by atoms with Crippen LogP contribution >= 0.6 is 0 Å². The Kier molecular flexibility index (Phi) is 4.18. The molecule has 1 saturated heterocycles. The van der Waals surface area contributed by atoms with E-state index in [1.165, 1.54) is 5.69 Å². The van der Waals surface area contributed by atoms with Crippen LogP contribution in [0.15, 0.2) is 54.6 Å². The molecule has 0 spiro atoms. The molecule has 0 aromatic heterocycles. The van der Waals surface area contributed by atoms with Crippen LogP contribution in [0, 0.1) is 0 Å². The molecule has 2 aromatic carbocycles. The van der Waals surface area contributed by atoms with Crippen molar-refractivity contribution in [3.63, 3.8) is 0 Å². The molecule has 2 heterocycles. The number of nitrogens with zero attached hydrogens (tertiary/aromatic N) is 2. The highest BCUT2D eigenvalue weighted by molar-refractivity contribution is 5.70. The van der Waals surface area contributed by atoms with E-state index in [1.54, 1.807) is 0 Å². The van der Waals surface area contributed by atoms with E-state index in [-0.39, 0.29) is 6.10 Å². The zero-order chi connectivity index (χ0) is 15.5. The fraction of sp³-hybridized carbons (Fsp3) is 0.368. The van der Waals surface area contributed by atoms with Crippen molar-refractivity contribution in [2.45, 2.75) is 6.10 Å². The summed E-state index contributed by atoms with van der Waals surface area (Å²) in [5, 5.41) is 0. The van der Waals surface area contributed by atoms with Gasteiger partial charge < -0.3 is 14.4 Å². The third-order valence-corrected chi connectivity index (χ3v) is 4.47. The monoisotopic (exact) mass is 310 g/mol. The first-order valence-electron chi connectivity index (χ1n) is 8.28. The Morgan fingerprint density at radius 3 is 2.48 bits per heavy atom. The van der Waals surface area contributed by atoms with Crippen LogP contribution in [0.25, 0.3) is 0 Å². The maximum absolute atomic E-state index is 6.26. The first-order chi connectivity index (χ1) is 11.4. The van der Waals surface area contributed by atoms with Crippen LogP contribution in [0.2, 0.25) is 0 Å². The summed E-state index contributed by atoms with van der Waals surface area (Å²) in [7, 11) is 0. The van der Waals surface area contributed by atoms with Gasteiger partial charge in [-0.15, -0.1) is 0 Å². The first kappa shape index (κ1) is 14.5. The molecule has 2 aliphatic rings. The van der Waals surface area contributed by atoms with Crippen molar-refractivity contribution >= 4 is 11.4 Å². The van der Waals surface area contributed by atoms with Gasteiger partial charge in [0.1, 0.15) is 11.9 Å². The van der Waals surface area contributed by atoms with Crippen LogP contribution in [0.3, 0.4) is 0 Å². The van der Waals surface area contributed by atoms with Crippen LogP contribution in [0.1, 0.15) is 0 Å². The Balaban J connectivity index is 1.58. The Hall–Kier alpha value is -2.04. The summed E-state index contributed by atoms with van der Waals surface area (Å²) < 4.78 is 11.7. The highest BCUT2D eigenvalue weighted by atomic mass is 16.5. The zero-order valence-corrected chi connectivity index (χ0v) is 13.2. The summed E-state index contributed by atoms with van der Waals surface area (Å²) in [5.74, 6) is 0.973. The molecule has 0 amide bonds. The zero-order valence-electron chi connectivity index (χ0n) is 13.2. The van der Waals surface area contributed by atoms with Crippen LogP contribution < -0.4 is 9.64 Å². The number of fused-ring (bicyclic) bond motifs is 1. The van der Waals surface area contributed by atoms with Crippen LogP contribution in [0.5, 0.6) is 5.75 Å². The maximum atomic E-state index is 6.26. The van der Waals surface area contributed by atoms with Gasteiger partial charge in [0, 0.05) is 25.3 Å². The summed E-state index contributed by atoms with van der Waals surface area (Å²) in [6, 6.07) is 18.9. The molecule has 0 saturated carbocycles. The second-order valence-corrected chi connectivity index (χ2v) is 6.07. The van der Waals surface area contributed by atoms with E-state index < -0.39 is 0 Å². The summed E-state index contributed by atoms with van der Waals surface area (Å²) in [4.78, 5) is 4.80. The number of benzene rings is 2. The van der Waals surface area contributed by atoms with E-state index in [4.69, 9.17) is 9.47 Å². The molecule has 2 aromatic rings. The van der Waals surface area contributed by atoms with E-state index in [0.29, 0.717) is 0 Å². The quantitative estimate of drug-likeness (QED) is 0.870. The van der Waals surface area contributed by atoms with Crippen LogP contribution in [-0.2, 0) is 4.74 Å². The van der Waals surface area contributed by atoms with Crippen molar-refractivity contribution in [3.8, 4) is 5.75 Å². The Bertz CT molecular complexity index is 641. The van der Waals surface area contributed by atoms with Crippen molar-refractivity contribution < 1.29 is 9.47 Å². The molecular formula is C19H22N2O2. The van der Waals surface area contributed by atoms with Gasteiger partial charge in [-0.3, -0.25) is 4.90 Å². The lowest BCUT2D eigenvalue weighted by atomic mass is 10.1. The van der Waals surface area contributed by atoms with Crippen molar-refractivity contribution in [2.24, 2.45) is 0 Å². The Morgan fingerprint density at radius 1 is 0.913 bits per heavy atom. The van der Waals surface area contributed by atoms with Gasteiger partial charge >= 0.3 is 0 Å². The molecule has 0 N–H and O–H groups in total. The van der Waals surface area contributed by atoms with Crippen LogP contribution in [-0.4, -0.2) is 50.4 Å². The van der Waals surface area contributed by atoms with Crippen LogP contribution in [0.4, 0.5) is 11.4 Å². The minimum Gasteiger partial charge on any atom is -0.485 e. The minimum atomic E-state index is 0.170. The summed E-state index contributed by atoms with van der Waals surface area (Å²) in [6.07, 6.45) is 0.170. The fourth-order valence-electron chi connectivity index (χ4n) is 3.32. The highest BCUT2D eigenvalue weighted by Gasteiger charge is 2.28. The standard InChI is InChI=1S/C19H22N2O2/c1-2-6-16(7-3-1)21-15-17(14-20-10-12-22-13-11-20)23-19-9-5-4-8-18(19)21/h1-9,17H,10-15H2. The number of ether oxygens (including phenoxy) is 2. The Labute approximate surface area is 137 Å². The van der Waals surface area contributed by atoms with Crippen molar-refractivity contribution in [1.29, 1.82) is 0 Å². The molecule has 1 fully saturated rings. The number of hydrogen-bond donors (Lipinski definition) is 0. The average molecular weight is 310 g/mol. The normalized spacial score (nSPS) is 21.6. The van der Waals surface area contributed by atoms with E-state index in [9.17, 15) is 0 Å². The second-order valence-electron chi connectivity index (χ2n) is 6.07. The summed E-state index contributed by atoms with van der Waals surface area (Å²) in [6.45, 7) is 5.45. The maximum Gasteiger partial charge on any atom is 0.143 e. The topological polar surface area (TPSA) is 24.9 Å². The summed E-state index contributed by atoms with van der Waals surface area (Å²) >= 11 is 0. The molecule has 23 heavy (non-hydrogen) atoms. The highest BCUT2D eigenvalue weighted by Crippen LogP contribution is 2.37. The van der Waals surface area contributed by atoms with Gasteiger partial charge in [0.05, 0.1) is 25.4 Å². The van der Waals surface area contributed by atoms with Gasteiger partial charge in [-0.2, -0.15) is 0 Å². The lowest BCUT2D eigenvalue weighted by Gasteiger charge is -2.39. The molecule has 0 aliphatic carbocycles. The lowest BCUT2D eigenvalue weighted by Crippen LogP contribution is -2.48. The van der Waals surface area contributed by atoms with Gasteiger partial charge in [0.2, 0.25) is 0 Å². The molecule has 4 heteroatoms. The van der Waals surface area contributed by atoms with Gasteiger partial charge in [-0.25, -0.2) is 0 Å². The van der Waals surface area contributed by atoms with Gasteiger partial charge in [-0.1, -0.05) is 30.3 Å². The van der Waals surface area contributed by atoms with Crippen molar-refractivity contribution in [3.05, 3.63) is 54.6 Å². The first-order valence-corrected chi connectivity index (χ1v) is 8.28. The molecule has 0 bridgehead atoms. The molecule has 1 unspecified atom stereocenters. The molecule has 2 aliphatic heterocycles. The predicted molar refractivity (Wildman–Crippen MR) is 91.6 cm³/mol. The molecule has 4 rings (SSSR count). The lowest BCUT2D eigenvalue weighted by molar-refractivity contribution is 0.0195. The molecule has 0 radical (unpaired) electrons. The number of morpholine rings is 1. The number of hydrogen-bond acceptors (Lipinski definition) is 4. The van der Waals surface area contributed by atoms with E-state index in [0.717, 1.165) is 50.8 Å². The summed E-state index contributed by atoms with van der Waals surface area (Å²) in [5.41, 5.74) is 2.37. The Morgan fingerprint density at radius 2 is 1.65 bits per heavy atom. The largest absolute Gasteiger partial charge is 0.485 e. The smallest absolute Gasteiger partial charge is 0.143 e. The molecule has 1 atom stereocenters. The predicted octanol–water partition coefficient (Wildman–Crippen LogP) is 2.92. The van der Waals surface area contributed by atoms with E-state index >= 15 is 0 Å². The third kappa shape index (κ3) is 3.19. The average Bonchev–Trinajstić information content (AvgIpc) is 2.63. The number of para-hydroxylation sites is 3.